The molecule has 25 heavy (non-hydrogen) atoms. The van der Waals surface area contributed by atoms with Gasteiger partial charge in [-0.3, -0.25) is 0 Å². The molecule has 4 heteroatoms. The molecule has 1 unspecified atom stereocenters. The fourth-order valence-corrected chi connectivity index (χ4v) is 2.96. The molecule has 132 valence electrons. The minimum Gasteiger partial charge on any atom is -0.457 e. The van der Waals surface area contributed by atoms with Crippen molar-refractivity contribution >= 4 is 6.09 Å². The molecule has 0 saturated carbocycles. The lowest BCUT2D eigenvalue weighted by Crippen LogP contribution is -2.35. The van der Waals surface area contributed by atoms with Gasteiger partial charge in [0.05, 0.1) is 0 Å². The van der Waals surface area contributed by atoms with Gasteiger partial charge in [0.2, 0.25) is 0 Å². The second-order valence-electron chi connectivity index (χ2n) is 7.40. The second-order valence-corrected chi connectivity index (χ2v) is 7.40. The molecule has 0 radical (unpaired) electrons. The number of rotatable bonds is 3. The summed E-state index contributed by atoms with van der Waals surface area (Å²) in [5, 5.41) is 0. The van der Waals surface area contributed by atoms with Gasteiger partial charge < -0.3 is 14.4 Å². The predicted molar refractivity (Wildman–Crippen MR) is 98.1 cm³/mol. The van der Waals surface area contributed by atoms with E-state index < -0.39 is 5.60 Å². The van der Waals surface area contributed by atoms with Gasteiger partial charge in [-0.2, -0.15) is 0 Å². The highest BCUT2D eigenvalue weighted by atomic mass is 16.6. The summed E-state index contributed by atoms with van der Waals surface area (Å²) >= 11 is 0. The maximum atomic E-state index is 12.2. The third kappa shape index (κ3) is 4.75. The van der Waals surface area contributed by atoms with Crippen LogP contribution in [0.3, 0.4) is 0 Å². The van der Waals surface area contributed by atoms with E-state index in [2.05, 4.69) is 12.1 Å². The summed E-state index contributed by atoms with van der Waals surface area (Å²) in [5.74, 6) is 1.99. The summed E-state index contributed by atoms with van der Waals surface area (Å²) in [6.07, 6.45) is 0.733. The molecule has 1 heterocycles. The molecule has 2 aromatic carbocycles. The maximum Gasteiger partial charge on any atom is 0.410 e. The highest BCUT2D eigenvalue weighted by molar-refractivity contribution is 5.68. The van der Waals surface area contributed by atoms with Crippen LogP contribution in [0, 0.1) is 0 Å². The summed E-state index contributed by atoms with van der Waals surface area (Å²) in [6.45, 7) is 7.12. The summed E-state index contributed by atoms with van der Waals surface area (Å²) in [4.78, 5) is 14.0. The van der Waals surface area contributed by atoms with Gasteiger partial charge in [-0.15, -0.1) is 0 Å². The zero-order valence-electron chi connectivity index (χ0n) is 15.1. The van der Waals surface area contributed by atoms with Crippen molar-refractivity contribution in [3.8, 4) is 11.5 Å². The van der Waals surface area contributed by atoms with Crippen LogP contribution < -0.4 is 4.74 Å². The number of carbonyl (C=O) groups excluding carboxylic acids is 1. The fourth-order valence-electron chi connectivity index (χ4n) is 2.96. The largest absolute Gasteiger partial charge is 0.457 e. The lowest BCUT2D eigenvalue weighted by atomic mass is 9.98. The SMILES string of the molecule is CC(C)(C)OC(=O)N1CCC(c2ccc(Oc3ccccc3)cc2)C1. The van der Waals surface area contributed by atoms with Gasteiger partial charge in [-0.25, -0.2) is 4.79 Å². The molecule has 1 aliphatic heterocycles. The first kappa shape index (κ1) is 17.3. The maximum absolute atomic E-state index is 12.2. The quantitative estimate of drug-likeness (QED) is 0.771. The summed E-state index contributed by atoms with van der Waals surface area (Å²) in [7, 11) is 0. The van der Waals surface area contributed by atoms with E-state index in [1.165, 1.54) is 5.56 Å². The average Bonchev–Trinajstić information content (AvgIpc) is 3.05. The Balaban J connectivity index is 1.59. The van der Waals surface area contributed by atoms with Crippen molar-refractivity contribution in [2.45, 2.75) is 38.7 Å². The molecule has 1 atom stereocenters. The van der Waals surface area contributed by atoms with Crippen molar-refractivity contribution in [1.29, 1.82) is 0 Å². The summed E-state index contributed by atoms with van der Waals surface area (Å²) in [6, 6.07) is 17.9. The summed E-state index contributed by atoms with van der Waals surface area (Å²) in [5.41, 5.74) is 0.775. The first-order valence-corrected chi connectivity index (χ1v) is 8.71. The monoisotopic (exact) mass is 339 g/mol. The molecular weight excluding hydrogens is 314 g/mol. The van der Waals surface area contributed by atoms with Crippen molar-refractivity contribution in [1.82, 2.24) is 4.90 Å². The average molecular weight is 339 g/mol. The minimum absolute atomic E-state index is 0.223. The van der Waals surface area contributed by atoms with Crippen LogP contribution in [0.25, 0.3) is 0 Å². The van der Waals surface area contributed by atoms with E-state index in [1.807, 2.05) is 63.2 Å². The highest BCUT2D eigenvalue weighted by Gasteiger charge is 2.30. The third-order valence-electron chi connectivity index (χ3n) is 4.17. The number of hydrogen-bond acceptors (Lipinski definition) is 3. The van der Waals surface area contributed by atoms with Crippen LogP contribution in [0.2, 0.25) is 0 Å². The zero-order valence-corrected chi connectivity index (χ0v) is 15.1. The number of benzene rings is 2. The molecule has 1 saturated heterocycles. The number of nitrogens with zero attached hydrogens (tertiary/aromatic N) is 1. The van der Waals surface area contributed by atoms with E-state index in [0.717, 1.165) is 24.5 Å². The highest BCUT2D eigenvalue weighted by Crippen LogP contribution is 2.30. The minimum atomic E-state index is -0.453. The Hall–Kier alpha value is -2.49. The topological polar surface area (TPSA) is 38.8 Å². The van der Waals surface area contributed by atoms with Gasteiger partial charge in [0.15, 0.2) is 0 Å². The number of likely N-dealkylation sites (tertiary alicyclic amines) is 1. The molecule has 3 rings (SSSR count). The zero-order chi connectivity index (χ0) is 17.9. The van der Waals surface area contributed by atoms with E-state index in [9.17, 15) is 4.79 Å². The van der Waals surface area contributed by atoms with Crippen LogP contribution in [0.1, 0.15) is 38.7 Å². The molecule has 1 amide bonds. The Kier molecular flexibility index (Phi) is 4.98. The van der Waals surface area contributed by atoms with Crippen LogP contribution in [-0.4, -0.2) is 29.7 Å². The van der Waals surface area contributed by atoms with Crippen LogP contribution in [-0.2, 0) is 4.74 Å². The Labute approximate surface area is 149 Å². The van der Waals surface area contributed by atoms with Gasteiger partial charge in [-0.1, -0.05) is 30.3 Å². The molecule has 0 aliphatic carbocycles. The lowest BCUT2D eigenvalue weighted by molar-refractivity contribution is 0.0292. The Morgan fingerprint density at radius 3 is 2.28 bits per heavy atom. The molecule has 0 N–H and O–H groups in total. The van der Waals surface area contributed by atoms with Crippen molar-refractivity contribution in [2.75, 3.05) is 13.1 Å². The van der Waals surface area contributed by atoms with Crippen LogP contribution in [0.15, 0.2) is 54.6 Å². The first-order valence-electron chi connectivity index (χ1n) is 8.71. The molecule has 1 aliphatic rings. The second kappa shape index (κ2) is 7.18. The number of hydrogen-bond donors (Lipinski definition) is 0. The molecule has 0 bridgehead atoms. The fraction of sp³-hybridized carbons (Fsp3) is 0.381. The molecule has 0 spiro atoms. The Morgan fingerprint density at radius 2 is 1.64 bits per heavy atom. The Bertz CT molecular complexity index is 704. The van der Waals surface area contributed by atoms with Gasteiger partial charge in [0.1, 0.15) is 17.1 Å². The van der Waals surface area contributed by atoms with Crippen molar-refractivity contribution in [3.63, 3.8) is 0 Å². The predicted octanol–water partition coefficient (Wildman–Crippen LogP) is 5.20. The normalized spacial score (nSPS) is 17.4. The van der Waals surface area contributed by atoms with Gasteiger partial charge in [0, 0.05) is 19.0 Å². The first-order chi connectivity index (χ1) is 11.9. The molecular formula is C21H25NO3. The molecule has 0 aromatic heterocycles. The molecule has 4 nitrogen and oxygen atoms in total. The van der Waals surface area contributed by atoms with Crippen LogP contribution in [0.4, 0.5) is 4.79 Å². The van der Waals surface area contributed by atoms with Crippen molar-refractivity contribution < 1.29 is 14.3 Å². The smallest absolute Gasteiger partial charge is 0.410 e. The number of amides is 1. The van der Waals surface area contributed by atoms with Gasteiger partial charge >= 0.3 is 6.09 Å². The lowest BCUT2D eigenvalue weighted by Gasteiger charge is -2.24. The number of para-hydroxylation sites is 1. The van der Waals surface area contributed by atoms with Gasteiger partial charge in [0.25, 0.3) is 0 Å². The van der Waals surface area contributed by atoms with E-state index in [-0.39, 0.29) is 6.09 Å². The van der Waals surface area contributed by atoms with Crippen molar-refractivity contribution in [2.24, 2.45) is 0 Å². The standard InChI is InChI=1S/C21H25NO3/c1-21(2,3)25-20(23)22-14-13-17(15-22)16-9-11-19(12-10-16)24-18-7-5-4-6-8-18/h4-12,17H,13-15H2,1-3H3. The number of ether oxygens (including phenoxy) is 2. The van der Waals surface area contributed by atoms with Crippen LogP contribution in [0.5, 0.6) is 11.5 Å². The van der Waals surface area contributed by atoms with E-state index in [4.69, 9.17) is 9.47 Å². The molecule has 2 aromatic rings. The third-order valence-corrected chi connectivity index (χ3v) is 4.17. The Morgan fingerprint density at radius 1 is 1.00 bits per heavy atom. The molecule has 1 fully saturated rings. The van der Waals surface area contributed by atoms with Crippen molar-refractivity contribution in [3.05, 3.63) is 60.2 Å². The van der Waals surface area contributed by atoms with Gasteiger partial charge in [-0.05, 0) is 57.0 Å². The van der Waals surface area contributed by atoms with E-state index in [0.29, 0.717) is 12.5 Å². The summed E-state index contributed by atoms with van der Waals surface area (Å²) < 4.78 is 11.3. The van der Waals surface area contributed by atoms with Crippen LogP contribution >= 0.6 is 0 Å². The van der Waals surface area contributed by atoms with E-state index >= 15 is 0 Å². The number of carbonyl (C=O) groups is 1. The van der Waals surface area contributed by atoms with E-state index in [1.54, 1.807) is 4.90 Å².